The number of benzene rings is 2. The van der Waals surface area contributed by atoms with E-state index in [4.69, 9.17) is 0 Å². The number of urea groups is 1. The van der Waals surface area contributed by atoms with Gasteiger partial charge in [-0.2, -0.15) is 0 Å². The summed E-state index contributed by atoms with van der Waals surface area (Å²) in [5.41, 5.74) is -0.669. The molecular formula is C18H15BrFN3O3. The fraction of sp³-hybridized carbons (Fsp3) is 0.167. The van der Waals surface area contributed by atoms with Crippen LogP contribution in [0.4, 0.5) is 14.9 Å². The van der Waals surface area contributed by atoms with Crippen LogP contribution in [0.15, 0.2) is 53.0 Å². The molecule has 3 rings (SSSR count). The minimum Gasteiger partial charge on any atom is -0.322 e. The van der Waals surface area contributed by atoms with Gasteiger partial charge in [-0.15, -0.1) is 0 Å². The zero-order chi connectivity index (χ0) is 18.9. The van der Waals surface area contributed by atoms with Crippen LogP contribution < -0.4 is 10.6 Å². The highest BCUT2D eigenvalue weighted by Crippen LogP contribution is 2.28. The summed E-state index contributed by atoms with van der Waals surface area (Å²) in [4.78, 5) is 37.9. The van der Waals surface area contributed by atoms with Crippen LogP contribution in [-0.2, 0) is 15.1 Å². The largest absolute Gasteiger partial charge is 0.325 e. The maximum Gasteiger partial charge on any atom is 0.325 e. The number of carbonyl (C=O) groups is 3. The molecule has 6 nitrogen and oxygen atoms in total. The second-order valence-electron chi connectivity index (χ2n) is 5.98. The second kappa shape index (κ2) is 6.87. The summed E-state index contributed by atoms with van der Waals surface area (Å²) in [6.07, 6.45) is 0. The molecular weight excluding hydrogens is 405 g/mol. The summed E-state index contributed by atoms with van der Waals surface area (Å²) in [6, 6.07) is 12.2. The highest BCUT2D eigenvalue weighted by molar-refractivity contribution is 9.10. The molecule has 1 aliphatic heterocycles. The van der Waals surface area contributed by atoms with Crippen molar-refractivity contribution in [1.29, 1.82) is 0 Å². The zero-order valence-electron chi connectivity index (χ0n) is 13.8. The van der Waals surface area contributed by atoms with Gasteiger partial charge in [-0.05, 0) is 30.7 Å². The summed E-state index contributed by atoms with van der Waals surface area (Å²) in [5.74, 6) is -1.84. The van der Waals surface area contributed by atoms with Gasteiger partial charge in [0.1, 0.15) is 17.9 Å². The molecule has 0 radical (unpaired) electrons. The third kappa shape index (κ3) is 3.32. The number of nitrogens with one attached hydrogen (secondary N) is 2. The van der Waals surface area contributed by atoms with E-state index in [1.54, 1.807) is 43.3 Å². The highest BCUT2D eigenvalue weighted by Gasteiger charge is 2.49. The first-order chi connectivity index (χ1) is 12.3. The van der Waals surface area contributed by atoms with Crippen molar-refractivity contribution in [2.24, 2.45) is 0 Å². The topological polar surface area (TPSA) is 78.5 Å². The third-order valence-electron chi connectivity index (χ3n) is 4.13. The number of amides is 4. The molecule has 0 spiro atoms. The van der Waals surface area contributed by atoms with Gasteiger partial charge in [0.25, 0.3) is 5.91 Å². The zero-order valence-corrected chi connectivity index (χ0v) is 15.3. The fourth-order valence-electron chi connectivity index (χ4n) is 2.73. The van der Waals surface area contributed by atoms with Gasteiger partial charge in [0.15, 0.2) is 0 Å². The van der Waals surface area contributed by atoms with E-state index in [1.165, 1.54) is 12.1 Å². The van der Waals surface area contributed by atoms with Crippen LogP contribution >= 0.6 is 15.9 Å². The summed E-state index contributed by atoms with van der Waals surface area (Å²) in [5, 5.41) is 4.98. The van der Waals surface area contributed by atoms with E-state index in [0.717, 1.165) is 4.90 Å². The molecule has 26 heavy (non-hydrogen) atoms. The fourth-order valence-corrected chi connectivity index (χ4v) is 3.07. The molecule has 2 aromatic carbocycles. The SMILES string of the molecule is C[C@]1(c2ccccc2)NC(=O)N(CC(=O)Nc2ccc(Br)cc2F)C1=O. The van der Waals surface area contributed by atoms with Crippen molar-refractivity contribution < 1.29 is 18.8 Å². The van der Waals surface area contributed by atoms with Crippen LogP contribution in [0.1, 0.15) is 12.5 Å². The standard InChI is InChI=1S/C18H15BrFN3O3/c1-18(11-5-3-2-4-6-11)16(25)23(17(26)22-18)10-15(24)21-14-8-7-12(19)9-13(14)20/h2-9H,10H2,1H3,(H,21,24)(H,22,26)/t18-/m1/s1. The van der Waals surface area contributed by atoms with Crippen LogP contribution in [-0.4, -0.2) is 29.3 Å². The lowest BCUT2D eigenvalue weighted by atomic mass is 9.92. The Morgan fingerprint density at radius 1 is 1.23 bits per heavy atom. The number of imide groups is 1. The van der Waals surface area contributed by atoms with Crippen LogP contribution in [0.3, 0.4) is 0 Å². The Morgan fingerprint density at radius 3 is 2.58 bits per heavy atom. The number of hydrogen-bond acceptors (Lipinski definition) is 3. The highest BCUT2D eigenvalue weighted by atomic mass is 79.9. The van der Waals surface area contributed by atoms with Crippen LogP contribution in [0, 0.1) is 5.82 Å². The predicted molar refractivity (Wildman–Crippen MR) is 96.8 cm³/mol. The van der Waals surface area contributed by atoms with Crippen molar-refractivity contribution in [2.75, 3.05) is 11.9 Å². The Labute approximate surface area is 157 Å². The maximum absolute atomic E-state index is 13.8. The quantitative estimate of drug-likeness (QED) is 0.747. The van der Waals surface area contributed by atoms with Crippen LogP contribution in [0.2, 0.25) is 0 Å². The molecule has 1 aliphatic rings. The Hall–Kier alpha value is -2.74. The van der Waals surface area contributed by atoms with E-state index in [9.17, 15) is 18.8 Å². The normalized spacial score (nSPS) is 19.4. The van der Waals surface area contributed by atoms with Gasteiger partial charge in [-0.25, -0.2) is 9.18 Å². The summed E-state index contributed by atoms with van der Waals surface area (Å²) >= 11 is 3.13. The minimum atomic E-state index is -1.25. The number of halogens is 2. The van der Waals surface area contributed by atoms with Gasteiger partial charge in [-0.3, -0.25) is 14.5 Å². The number of anilines is 1. The van der Waals surface area contributed by atoms with Crippen LogP contribution in [0.5, 0.6) is 0 Å². The van der Waals surface area contributed by atoms with Gasteiger partial charge >= 0.3 is 6.03 Å². The minimum absolute atomic E-state index is 0.0314. The number of carbonyl (C=O) groups excluding carboxylic acids is 3. The lowest BCUT2D eigenvalue weighted by Gasteiger charge is -2.22. The first-order valence-electron chi connectivity index (χ1n) is 7.76. The van der Waals surface area contributed by atoms with Crippen molar-refractivity contribution in [2.45, 2.75) is 12.5 Å². The molecule has 0 saturated carbocycles. The molecule has 2 aromatic rings. The van der Waals surface area contributed by atoms with E-state index in [2.05, 4.69) is 26.6 Å². The number of hydrogen-bond donors (Lipinski definition) is 2. The molecule has 0 aromatic heterocycles. The van der Waals surface area contributed by atoms with E-state index >= 15 is 0 Å². The average Bonchev–Trinajstić information content (AvgIpc) is 2.82. The first kappa shape index (κ1) is 18.1. The summed E-state index contributed by atoms with van der Waals surface area (Å²) in [7, 11) is 0. The average molecular weight is 420 g/mol. The Bertz CT molecular complexity index is 891. The van der Waals surface area contributed by atoms with Crippen molar-refractivity contribution >= 4 is 39.5 Å². The van der Waals surface area contributed by atoms with E-state index < -0.39 is 35.7 Å². The number of nitrogens with zero attached hydrogens (tertiary/aromatic N) is 1. The summed E-state index contributed by atoms with van der Waals surface area (Å²) < 4.78 is 14.3. The van der Waals surface area contributed by atoms with Crippen LogP contribution in [0.25, 0.3) is 0 Å². The predicted octanol–water partition coefficient (Wildman–Crippen LogP) is 2.99. The second-order valence-corrected chi connectivity index (χ2v) is 6.90. The smallest absolute Gasteiger partial charge is 0.322 e. The maximum atomic E-state index is 13.8. The Kier molecular flexibility index (Phi) is 4.78. The van der Waals surface area contributed by atoms with Gasteiger partial charge in [0.2, 0.25) is 5.91 Å². The first-order valence-corrected chi connectivity index (χ1v) is 8.55. The Balaban J connectivity index is 1.74. The third-order valence-corrected chi connectivity index (χ3v) is 4.63. The van der Waals surface area contributed by atoms with Gasteiger partial charge in [0, 0.05) is 4.47 Å². The van der Waals surface area contributed by atoms with Gasteiger partial charge in [-0.1, -0.05) is 46.3 Å². The molecule has 134 valence electrons. The van der Waals surface area contributed by atoms with Crippen molar-refractivity contribution in [3.8, 4) is 0 Å². The molecule has 0 bridgehead atoms. The molecule has 2 N–H and O–H groups in total. The monoisotopic (exact) mass is 419 g/mol. The van der Waals surface area contributed by atoms with Crippen molar-refractivity contribution in [1.82, 2.24) is 10.2 Å². The molecule has 8 heteroatoms. The molecule has 4 amide bonds. The van der Waals surface area contributed by atoms with Crippen molar-refractivity contribution in [3.05, 3.63) is 64.4 Å². The van der Waals surface area contributed by atoms with Gasteiger partial charge < -0.3 is 10.6 Å². The molecule has 0 aliphatic carbocycles. The molecule has 0 unspecified atom stereocenters. The molecule has 1 atom stereocenters. The van der Waals surface area contributed by atoms with E-state index in [0.29, 0.717) is 10.0 Å². The molecule has 1 saturated heterocycles. The lowest BCUT2D eigenvalue weighted by Crippen LogP contribution is -2.42. The Morgan fingerprint density at radius 2 is 1.92 bits per heavy atom. The van der Waals surface area contributed by atoms with Gasteiger partial charge in [0.05, 0.1) is 5.69 Å². The van der Waals surface area contributed by atoms with E-state index in [-0.39, 0.29) is 5.69 Å². The lowest BCUT2D eigenvalue weighted by molar-refractivity contribution is -0.133. The summed E-state index contributed by atoms with van der Waals surface area (Å²) in [6.45, 7) is 1.07. The molecule has 1 heterocycles. The molecule has 1 fully saturated rings. The van der Waals surface area contributed by atoms with Crippen molar-refractivity contribution in [3.63, 3.8) is 0 Å². The number of rotatable bonds is 4. The van der Waals surface area contributed by atoms with E-state index in [1.807, 2.05) is 0 Å².